The Morgan fingerprint density at radius 1 is 0.684 bits per heavy atom. The van der Waals surface area contributed by atoms with Crippen molar-refractivity contribution in [1.82, 2.24) is 5.32 Å². The van der Waals surface area contributed by atoms with Crippen LogP contribution in [0.5, 0.6) is 11.5 Å². The fraction of sp³-hybridized carbons (Fsp3) is 0.188. The summed E-state index contributed by atoms with van der Waals surface area (Å²) < 4.78 is 16.6. The van der Waals surface area contributed by atoms with Crippen LogP contribution < -0.4 is 14.8 Å². The van der Waals surface area contributed by atoms with Crippen LogP contribution in [-0.2, 0) is 29.0 Å². The molecule has 6 heteroatoms. The number of esters is 1. The third kappa shape index (κ3) is 7.96. The first kappa shape index (κ1) is 26.5. The van der Waals surface area contributed by atoms with Crippen molar-refractivity contribution in [3.63, 3.8) is 0 Å². The zero-order valence-electron chi connectivity index (χ0n) is 21.3. The van der Waals surface area contributed by atoms with E-state index in [1.165, 1.54) is 12.7 Å². The lowest BCUT2D eigenvalue weighted by Crippen LogP contribution is -2.43. The minimum atomic E-state index is -0.828. The van der Waals surface area contributed by atoms with Gasteiger partial charge in [0.15, 0.2) is 0 Å². The van der Waals surface area contributed by atoms with Crippen LogP contribution in [0, 0.1) is 0 Å². The summed E-state index contributed by atoms with van der Waals surface area (Å²) in [4.78, 5) is 25.3. The molecule has 4 aromatic carbocycles. The molecule has 194 valence electrons. The van der Waals surface area contributed by atoms with E-state index in [2.05, 4.69) is 17.4 Å². The number of carbonyl (C=O) groups excluding carboxylic acids is 2. The average molecular weight is 510 g/mol. The average Bonchev–Trinajstić information content (AvgIpc) is 2.97. The van der Waals surface area contributed by atoms with E-state index in [-0.39, 0.29) is 12.3 Å². The number of amides is 1. The number of benzene rings is 4. The minimum absolute atomic E-state index is 0.290. The van der Waals surface area contributed by atoms with Gasteiger partial charge in [0.1, 0.15) is 24.1 Å². The molecule has 0 aliphatic carbocycles. The van der Waals surface area contributed by atoms with Crippen molar-refractivity contribution in [2.24, 2.45) is 0 Å². The summed E-state index contributed by atoms with van der Waals surface area (Å²) in [5.41, 5.74) is 3.58. The number of ether oxygens (including phenoxy) is 3. The summed E-state index contributed by atoms with van der Waals surface area (Å²) in [6, 6.07) is 33.5. The van der Waals surface area contributed by atoms with Crippen LogP contribution in [-0.4, -0.2) is 31.6 Å². The first-order valence-electron chi connectivity index (χ1n) is 12.5. The second-order valence-electron chi connectivity index (χ2n) is 8.78. The van der Waals surface area contributed by atoms with E-state index in [1.54, 1.807) is 24.3 Å². The number of hydrogen-bond acceptors (Lipinski definition) is 5. The first-order chi connectivity index (χ1) is 18.6. The summed E-state index contributed by atoms with van der Waals surface area (Å²) in [6.45, 7) is 1.01. The third-order valence-electron chi connectivity index (χ3n) is 6.02. The number of methoxy groups -OCH3 is 1. The Kier molecular flexibility index (Phi) is 9.51. The topological polar surface area (TPSA) is 73.9 Å². The van der Waals surface area contributed by atoms with Crippen molar-refractivity contribution in [2.45, 2.75) is 25.5 Å². The maximum Gasteiger partial charge on any atom is 0.328 e. The van der Waals surface area contributed by atoms with Gasteiger partial charge in [0.05, 0.1) is 13.7 Å². The lowest BCUT2D eigenvalue weighted by atomic mass is 10.0. The second kappa shape index (κ2) is 13.7. The molecular formula is C32H31NO5. The van der Waals surface area contributed by atoms with E-state index in [9.17, 15) is 9.59 Å². The normalized spacial score (nSPS) is 11.3. The Bertz CT molecular complexity index is 1290. The molecule has 0 saturated carbocycles. The van der Waals surface area contributed by atoms with Gasteiger partial charge < -0.3 is 19.5 Å². The smallest absolute Gasteiger partial charge is 0.328 e. The van der Waals surface area contributed by atoms with Crippen molar-refractivity contribution in [2.75, 3.05) is 13.7 Å². The number of rotatable bonds is 12. The molecule has 0 unspecified atom stereocenters. The molecule has 1 amide bonds. The molecule has 4 rings (SSSR count). The van der Waals surface area contributed by atoms with Gasteiger partial charge in [0.2, 0.25) is 0 Å². The molecule has 4 aromatic rings. The van der Waals surface area contributed by atoms with Gasteiger partial charge in [0.25, 0.3) is 5.91 Å². The zero-order valence-corrected chi connectivity index (χ0v) is 21.3. The van der Waals surface area contributed by atoms with E-state index < -0.39 is 12.0 Å². The predicted molar refractivity (Wildman–Crippen MR) is 146 cm³/mol. The van der Waals surface area contributed by atoms with Crippen LogP contribution in [0.4, 0.5) is 0 Å². The van der Waals surface area contributed by atoms with Crippen molar-refractivity contribution in [3.8, 4) is 11.5 Å². The SMILES string of the molecule is COC(=O)[C@H](Cc1ccc(OCc2ccccc2)cc1)NC(=O)c1ccc(OCCc2ccccc2)cc1. The van der Waals surface area contributed by atoms with Gasteiger partial charge >= 0.3 is 5.97 Å². The predicted octanol–water partition coefficient (Wildman–Crippen LogP) is 5.40. The zero-order chi connectivity index (χ0) is 26.6. The van der Waals surface area contributed by atoms with E-state index >= 15 is 0 Å². The molecule has 0 aliphatic heterocycles. The maximum absolute atomic E-state index is 12.9. The molecule has 1 atom stereocenters. The van der Waals surface area contributed by atoms with Gasteiger partial charge in [-0.2, -0.15) is 0 Å². The Balaban J connectivity index is 1.30. The summed E-state index contributed by atoms with van der Waals surface area (Å²) in [5, 5.41) is 2.79. The number of carbonyl (C=O) groups is 2. The molecule has 0 aliphatic rings. The molecular weight excluding hydrogens is 478 g/mol. The van der Waals surface area contributed by atoms with Gasteiger partial charge in [-0.05, 0) is 53.1 Å². The molecule has 0 radical (unpaired) electrons. The Hall–Kier alpha value is -4.58. The van der Waals surface area contributed by atoms with E-state index in [0.29, 0.717) is 24.5 Å². The maximum atomic E-state index is 12.9. The summed E-state index contributed by atoms with van der Waals surface area (Å²) in [5.74, 6) is 0.529. The number of hydrogen-bond donors (Lipinski definition) is 1. The van der Waals surface area contributed by atoms with Crippen molar-refractivity contribution in [3.05, 3.63) is 131 Å². The summed E-state index contributed by atoms with van der Waals surface area (Å²) >= 11 is 0. The highest BCUT2D eigenvalue weighted by Gasteiger charge is 2.22. The second-order valence-corrected chi connectivity index (χ2v) is 8.78. The van der Waals surface area contributed by atoms with Crippen LogP contribution in [0.3, 0.4) is 0 Å². The highest BCUT2D eigenvalue weighted by Crippen LogP contribution is 2.17. The Labute approximate surface area is 223 Å². The monoisotopic (exact) mass is 509 g/mol. The molecule has 0 bridgehead atoms. The Morgan fingerprint density at radius 2 is 1.26 bits per heavy atom. The van der Waals surface area contributed by atoms with E-state index in [4.69, 9.17) is 14.2 Å². The van der Waals surface area contributed by atoms with Crippen LogP contribution in [0.2, 0.25) is 0 Å². The van der Waals surface area contributed by atoms with Gasteiger partial charge in [-0.3, -0.25) is 4.79 Å². The first-order valence-corrected chi connectivity index (χ1v) is 12.5. The summed E-state index contributed by atoms with van der Waals surface area (Å²) in [6.07, 6.45) is 1.09. The molecule has 0 saturated heterocycles. The lowest BCUT2D eigenvalue weighted by Gasteiger charge is -2.17. The number of nitrogens with one attached hydrogen (secondary N) is 1. The molecule has 38 heavy (non-hydrogen) atoms. The van der Waals surface area contributed by atoms with Crippen LogP contribution in [0.1, 0.15) is 27.0 Å². The van der Waals surface area contributed by atoms with Crippen LogP contribution in [0.25, 0.3) is 0 Å². The fourth-order valence-corrected chi connectivity index (χ4v) is 3.91. The highest BCUT2D eigenvalue weighted by atomic mass is 16.5. The van der Waals surface area contributed by atoms with Crippen LogP contribution in [0.15, 0.2) is 109 Å². The summed E-state index contributed by atoms with van der Waals surface area (Å²) in [7, 11) is 1.31. The minimum Gasteiger partial charge on any atom is -0.493 e. The molecule has 6 nitrogen and oxygen atoms in total. The third-order valence-corrected chi connectivity index (χ3v) is 6.02. The fourth-order valence-electron chi connectivity index (χ4n) is 3.91. The van der Waals surface area contributed by atoms with Gasteiger partial charge in [-0.15, -0.1) is 0 Å². The molecule has 1 N–H and O–H groups in total. The molecule has 0 fully saturated rings. The quantitative estimate of drug-likeness (QED) is 0.259. The molecule has 0 spiro atoms. The van der Waals surface area contributed by atoms with Crippen molar-refractivity contribution in [1.29, 1.82) is 0 Å². The van der Waals surface area contributed by atoms with Crippen molar-refractivity contribution >= 4 is 11.9 Å². The highest BCUT2D eigenvalue weighted by molar-refractivity contribution is 5.96. The lowest BCUT2D eigenvalue weighted by molar-refractivity contribution is -0.142. The van der Waals surface area contributed by atoms with Gasteiger partial charge in [-0.1, -0.05) is 72.8 Å². The van der Waals surface area contributed by atoms with E-state index in [0.717, 1.165) is 23.3 Å². The molecule has 0 heterocycles. The van der Waals surface area contributed by atoms with E-state index in [1.807, 2.05) is 72.8 Å². The largest absolute Gasteiger partial charge is 0.493 e. The van der Waals surface area contributed by atoms with Gasteiger partial charge in [0, 0.05) is 18.4 Å². The standard InChI is InChI=1S/C32H31NO5/c1-36-32(35)30(22-25-12-16-29(17-13-25)38-23-26-10-6-3-7-11-26)33-31(34)27-14-18-28(19-15-27)37-21-20-24-8-4-2-5-9-24/h2-19,30H,20-23H2,1H3,(H,33,34)/t30-/m0/s1. The van der Waals surface area contributed by atoms with Gasteiger partial charge in [-0.25, -0.2) is 4.79 Å². The molecule has 0 aromatic heterocycles. The van der Waals surface area contributed by atoms with Crippen molar-refractivity contribution < 1.29 is 23.8 Å². The Morgan fingerprint density at radius 3 is 1.89 bits per heavy atom. The van der Waals surface area contributed by atoms with Crippen LogP contribution >= 0.6 is 0 Å².